The van der Waals surface area contributed by atoms with Crippen LogP contribution in [0.5, 0.6) is 0 Å². The number of nitrogens with zero attached hydrogens (tertiary/aromatic N) is 1. The van der Waals surface area contributed by atoms with Gasteiger partial charge in [0.25, 0.3) is 0 Å². The highest BCUT2D eigenvalue weighted by Gasteiger charge is 2.14. The molecule has 0 amide bonds. The van der Waals surface area contributed by atoms with Crippen LogP contribution in [0.25, 0.3) is 22.2 Å². The Kier molecular flexibility index (Phi) is 4.10. The maximum absolute atomic E-state index is 11.2. The Bertz CT molecular complexity index is 921. The van der Waals surface area contributed by atoms with Crippen LogP contribution in [0, 0.1) is 20.8 Å². The number of aromatic nitrogens is 1. The first-order chi connectivity index (χ1) is 11.4. The topological polar surface area (TPSA) is 50.2 Å². The molecule has 0 saturated heterocycles. The average Bonchev–Trinajstić information content (AvgIpc) is 2.52. The monoisotopic (exact) mass is 319 g/mol. The summed E-state index contributed by atoms with van der Waals surface area (Å²) in [6.07, 6.45) is 0. The Hall–Kier alpha value is -2.68. The van der Waals surface area contributed by atoms with Crippen LogP contribution in [0.1, 0.15) is 35.1 Å². The third-order valence-electron chi connectivity index (χ3n) is 4.52. The number of rotatable bonds is 3. The molecule has 0 fully saturated rings. The zero-order valence-electron chi connectivity index (χ0n) is 14.4. The van der Waals surface area contributed by atoms with Gasteiger partial charge in [0.05, 0.1) is 17.1 Å². The molecule has 1 atom stereocenters. The van der Waals surface area contributed by atoms with Gasteiger partial charge in [-0.25, -0.2) is 4.98 Å². The van der Waals surface area contributed by atoms with Crippen LogP contribution in [0.15, 0.2) is 42.5 Å². The third kappa shape index (κ3) is 2.90. The van der Waals surface area contributed by atoms with E-state index in [2.05, 4.69) is 32.9 Å². The number of aryl methyl sites for hydroxylation is 3. The van der Waals surface area contributed by atoms with E-state index in [1.807, 2.05) is 30.3 Å². The van der Waals surface area contributed by atoms with E-state index in [0.717, 1.165) is 22.2 Å². The van der Waals surface area contributed by atoms with Gasteiger partial charge in [0, 0.05) is 10.9 Å². The molecule has 3 aromatic rings. The quantitative estimate of drug-likeness (QED) is 0.738. The summed E-state index contributed by atoms with van der Waals surface area (Å²) in [5, 5.41) is 10.1. The van der Waals surface area contributed by atoms with Crippen molar-refractivity contribution >= 4 is 16.9 Å². The minimum Gasteiger partial charge on any atom is -0.481 e. The van der Waals surface area contributed by atoms with Crippen molar-refractivity contribution in [2.75, 3.05) is 0 Å². The summed E-state index contributed by atoms with van der Waals surface area (Å²) in [6, 6.07) is 14.1. The molecular formula is C21H21NO2. The molecule has 3 rings (SSSR count). The lowest BCUT2D eigenvalue weighted by molar-refractivity contribution is -0.138. The Morgan fingerprint density at radius 1 is 1.00 bits per heavy atom. The number of pyridine rings is 1. The second-order valence-corrected chi connectivity index (χ2v) is 6.48. The number of benzene rings is 2. The number of carboxylic acid groups (broad SMARTS) is 1. The van der Waals surface area contributed by atoms with Crippen LogP contribution in [0.4, 0.5) is 0 Å². The van der Waals surface area contributed by atoms with Crippen molar-refractivity contribution in [3.05, 3.63) is 64.7 Å². The highest BCUT2D eigenvalue weighted by atomic mass is 16.4. The molecular weight excluding hydrogens is 298 g/mol. The van der Waals surface area contributed by atoms with E-state index in [4.69, 9.17) is 10.1 Å². The smallest absolute Gasteiger partial charge is 0.310 e. The van der Waals surface area contributed by atoms with Gasteiger partial charge in [0.15, 0.2) is 0 Å². The molecule has 0 aliphatic rings. The number of fused-ring (bicyclic) bond motifs is 1. The largest absolute Gasteiger partial charge is 0.481 e. The molecule has 0 bridgehead atoms. The lowest BCUT2D eigenvalue weighted by atomic mass is 9.96. The Labute approximate surface area is 142 Å². The van der Waals surface area contributed by atoms with Crippen molar-refractivity contribution in [2.24, 2.45) is 0 Å². The summed E-state index contributed by atoms with van der Waals surface area (Å²) < 4.78 is 0. The van der Waals surface area contributed by atoms with Gasteiger partial charge in [-0.3, -0.25) is 4.79 Å². The molecule has 3 nitrogen and oxygen atoms in total. The van der Waals surface area contributed by atoms with Gasteiger partial charge in [-0.2, -0.15) is 0 Å². The molecule has 24 heavy (non-hydrogen) atoms. The van der Waals surface area contributed by atoms with Gasteiger partial charge in [0.2, 0.25) is 0 Å². The van der Waals surface area contributed by atoms with E-state index in [1.165, 1.54) is 22.3 Å². The van der Waals surface area contributed by atoms with E-state index in [9.17, 15) is 4.79 Å². The first-order valence-electron chi connectivity index (χ1n) is 8.08. The Morgan fingerprint density at radius 2 is 1.67 bits per heavy atom. The van der Waals surface area contributed by atoms with Gasteiger partial charge in [-0.1, -0.05) is 29.8 Å². The van der Waals surface area contributed by atoms with Gasteiger partial charge < -0.3 is 5.11 Å². The maximum Gasteiger partial charge on any atom is 0.310 e. The first kappa shape index (κ1) is 16.2. The molecule has 1 aromatic heterocycles. The van der Waals surface area contributed by atoms with Gasteiger partial charge in [-0.15, -0.1) is 0 Å². The summed E-state index contributed by atoms with van der Waals surface area (Å²) in [7, 11) is 0. The molecule has 2 aromatic carbocycles. The van der Waals surface area contributed by atoms with Gasteiger partial charge in [0.1, 0.15) is 0 Å². The second-order valence-electron chi connectivity index (χ2n) is 6.48. The van der Waals surface area contributed by atoms with Crippen molar-refractivity contribution < 1.29 is 9.90 Å². The molecule has 0 aliphatic carbocycles. The fourth-order valence-electron chi connectivity index (χ4n) is 3.28. The standard InChI is InChI=1S/C21H21NO2/c1-12-9-13(2)20(14(3)10-12)19-8-6-17-11-16(15(4)21(23)24)5-7-18(17)22-19/h5-11,15H,1-4H3,(H,23,24). The van der Waals surface area contributed by atoms with Crippen molar-refractivity contribution in [1.29, 1.82) is 0 Å². The third-order valence-corrected chi connectivity index (χ3v) is 4.52. The Balaban J connectivity index is 2.10. The maximum atomic E-state index is 11.2. The zero-order valence-corrected chi connectivity index (χ0v) is 14.4. The zero-order chi connectivity index (χ0) is 17.4. The molecule has 0 saturated carbocycles. The normalized spacial score (nSPS) is 12.3. The summed E-state index contributed by atoms with van der Waals surface area (Å²) in [4.78, 5) is 16.0. The van der Waals surface area contributed by atoms with Crippen LogP contribution >= 0.6 is 0 Å². The summed E-state index contributed by atoms with van der Waals surface area (Å²) >= 11 is 0. The molecule has 0 spiro atoms. The molecule has 1 N–H and O–H groups in total. The minimum absolute atomic E-state index is 0.518. The van der Waals surface area contributed by atoms with E-state index < -0.39 is 11.9 Å². The van der Waals surface area contributed by atoms with E-state index in [-0.39, 0.29) is 0 Å². The lowest BCUT2D eigenvalue weighted by Crippen LogP contribution is -2.07. The second kappa shape index (κ2) is 6.08. The van der Waals surface area contributed by atoms with Gasteiger partial charge in [-0.05, 0) is 62.6 Å². The summed E-state index contributed by atoms with van der Waals surface area (Å²) in [6.45, 7) is 8.02. The molecule has 0 radical (unpaired) electrons. The summed E-state index contributed by atoms with van der Waals surface area (Å²) in [5.74, 6) is -1.33. The van der Waals surface area contributed by atoms with E-state index >= 15 is 0 Å². The van der Waals surface area contributed by atoms with Crippen molar-refractivity contribution in [2.45, 2.75) is 33.6 Å². The number of aliphatic carboxylic acids is 1. The number of carboxylic acids is 1. The highest BCUT2D eigenvalue weighted by Crippen LogP contribution is 2.29. The molecule has 1 heterocycles. The number of carbonyl (C=O) groups is 1. The van der Waals surface area contributed by atoms with E-state index in [1.54, 1.807) is 6.92 Å². The van der Waals surface area contributed by atoms with Gasteiger partial charge >= 0.3 is 5.97 Å². The first-order valence-corrected chi connectivity index (χ1v) is 8.08. The Morgan fingerprint density at radius 3 is 2.29 bits per heavy atom. The summed E-state index contributed by atoms with van der Waals surface area (Å²) in [5.41, 5.74) is 7.50. The van der Waals surface area contributed by atoms with Crippen molar-refractivity contribution in [1.82, 2.24) is 4.98 Å². The molecule has 1 unspecified atom stereocenters. The minimum atomic E-state index is -0.815. The van der Waals surface area contributed by atoms with Crippen LogP contribution in [-0.4, -0.2) is 16.1 Å². The van der Waals surface area contributed by atoms with Crippen LogP contribution < -0.4 is 0 Å². The predicted octanol–water partition coefficient (Wildman–Crippen LogP) is 5.02. The van der Waals surface area contributed by atoms with E-state index in [0.29, 0.717) is 0 Å². The molecule has 3 heteroatoms. The fraction of sp³-hybridized carbons (Fsp3) is 0.238. The SMILES string of the molecule is Cc1cc(C)c(-c2ccc3cc(C(C)C(=O)O)ccc3n2)c(C)c1. The van der Waals surface area contributed by atoms with Crippen molar-refractivity contribution in [3.8, 4) is 11.3 Å². The number of hydrogen-bond acceptors (Lipinski definition) is 2. The van der Waals surface area contributed by atoms with Crippen LogP contribution in [0.2, 0.25) is 0 Å². The van der Waals surface area contributed by atoms with Crippen molar-refractivity contribution in [3.63, 3.8) is 0 Å². The molecule has 122 valence electrons. The highest BCUT2D eigenvalue weighted by molar-refractivity contribution is 5.85. The predicted molar refractivity (Wildman–Crippen MR) is 97.4 cm³/mol. The van der Waals surface area contributed by atoms with Crippen LogP contribution in [0.3, 0.4) is 0 Å². The fourth-order valence-corrected chi connectivity index (χ4v) is 3.28. The number of hydrogen-bond donors (Lipinski definition) is 1. The lowest BCUT2D eigenvalue weighted by Gasteiger charge is -2.12. The van der Waals surface area contributed by atoms with Crippen LogP contribution in [-0.2, 0) is 4.79 Å². The molecule has 0 aliphatic heterocycles. The average molecular weight is 319 g/mol.